The van der Waals surface area contributed by atoms with Crippen LogP contribution in [0.2, 0.25) is 0 Å². The van der Waals surface area contributed by atoms with Crippen LogP contribution in [-0.4, -0.2) is 34.1 Å². The molecule has 2 rings (SSSR count). The predicted octanol–water partition coefficient (Wildman–Crippen LogP) is 3.19. The van der Waals surface area contributed by atoms with Gasteiger partial charge in [0.25, 0.3) is 0 Å². The van der Waals surface area contributed by atoms with Gasteiger partial charge in [-0.2, -0.15) is 0 Å². The topological polar surface area (TPSA) is 75.7 Å². The number of esters is 1. The minimum atomic E-state index is -3.70. The van der Waals surface area contributed by atoms with E-state index >= 15 is 0 Å². The molecule has 0 saturated heterocycles. The highest BCUT2D eigenvalue weighted by atomic mass is 32.2. The van der Waals surface area contributed by atoms with E-state index in [2.05, 4.69) is 23.5 Å². The number of hydrogen-bond donors (Lipinski definition) is 1. The van der Waals surface area contributed by atoms with Crippen LogP contribution in [0, 0.1) is 0 Å². The molecule has 27 heavy (non-hydrogen) atoms. The molecular weight excluding hydrogens is 364 g/mol. The SMILES string of the molecule is CCOC(=O)c1ccc(S(=O)(=O)NCc2ccccc2N(C)C(C)C)cc1. The van der Waals surface area contributed by atoms with Crippen molar-refractivity contribution >= 4 is 21.7 Å². The molecule has 7 heteroatoms. The first-order valence-corrected chi connectivity index (χ1v) is 10.3. The van der Waals surface area contributed by atoms with Gasteiger partial charge in [0.05, 0.1) is 17.1 Å². The quantitative estimate of drug-likeness (QED) is 0.701. The maximum Gasteiger partial charge on any atom is 0.338 e. The maximum absolute atomic E-state index is 12.6. The van der Waals surface area contributed by atoms with Crippen molar-refractivity contribution in [2.24, 2.45) is 0 Å². The van der Waals surface area contributed by atoms with Gasteiger partial charge in [0.2, 0.25) is 10.0 Å². The van der Waals surface area contributed by atoms with E-state index in [9.17, 15) is 13.2 Å². The van der Waals surface area contributed by atoms with Crippen LogP contribution in [-0.2, 0) is 21.3 Å². The van der Waals surface area contributed by atoms with E-state index in [0.29, 0.717) is 5.56 Å². The lowest BCUT2D eigenvalue weighted by atomic mass is 10.1. The molecule has 0 aliphatic heterocycles. The number of ether oxygens (including phenoxy) is 1. The van der Waals surface area contributed by atoms with E-state index in [1.165, 1.54) is 24.3 Å². The van der Waals surface area contributed by atoms with Crippen molar-refractivity contribution < 1.29 is 17.9 Å². The Bertz CT molecular complexity index is 877. The van der Waals surface area contributed by atoms with Crippen LogP contribution in [0.1, 0.15) is 36.7 Å². The lowest BCUT2D eigenvalue weighted by Gasteiger charge is -2.26. The molecule has 0 saturated carbocycles. The van der Waals surface area contributed by atoms with E-state index in [-0.39, 0.29) is 24.1 Å². The van der Waals surface area contributed by atoms with E-state index in [1.807, 2.05) is 31.3 Å². The molecule has 0 spiro atoms. The highest BCUT2D eigenvalue weighted by Crippen LogP contribution is 2.21. The summed E-state index contributed by atoms with van der Waals surface area (Å²) < 4.78 is 32.7. The number of sulfonamides is 1. The number of anilines is 1. The molecule has 0 aliphatic rings. The number of nitrogens with zero attached hydrogens (tertiary/aromatic N) is 1. The zero-order valence-corrected chi connectivity index (χ0v) is 16.9. The second-order valence-corrected chi connectivity index (χ2v) is 8.17. The first-order chi connectivity index (χ1) is 12.8. The molecule has 1 N–H and O–H groups in total. The van der Waals surface area contributed by atoms with Crippen molar-refractivity contribution in [1.82, 2.24) is 4.72 Å². The monoisotopic (exact) mass is 390 g/mol. The highest BCUT2D eigenvalue weighted by molar-refractivity contribution is 7.89. The fourth-order valence-corrected chi connectivity index (χ4v) is 3.53. The summed E-state index contributed by atoms with van der Waals surface area (Å²) in [6.07, 6.45) is 0. The van der Waals surface area contributed by atoms with Crippen LogP contribution in [0.15, 0.2) is 53.4 Å². The molecule has 6 nitrogen and oxygen atoms in total. The third-order valence-corrected chi connectivity index (χ3v) is 5.69. The normalized spacial score (nSPS) is 11.4. The van der Waals surface area contributed by atoms with Gasteiger partial charge in [-0.1, -0.05) is 18.2 Å². The average molecular weight is 391 g/mol. The number of rotatable bonds is 8. The summed E-state index contributed by atoms with van der Waals surface area (Å²) >= 11 is 0. The van der Waals surface area contributed by atoms with Crippen molar-refractivity contribution in [1.29, 1.82) is 0 Å². The van der Waals surface area contributed by atoms with Gasteiger partial charge < -0.3 is 9.64 Å². The third kappa shape index (κ3) is 5.30. The van der Waals surface area contributed by atoms with Gasteiger partial charge in [-0.05, 0) is 56.7 Å². The zero-order chi connectivity index (χ0) is 20.0. The predicted molar refractivity (Wildman–Crippen MR) is 106 cm³/mol. The molecule has 0 unspecified atom stereocenters. The van der Waals surface area contributed by atoms with Crippen molar-refractivity contribution in [2.45, 2.75) is 38.3 Å². The smallest absolute Gasteiger partial charge is 0.338 e. The van der Waals surface area contributed by atoms with Crippen LogP contribution in [0.3, 0.4) is 0 Å². The van der Waals surface area contributed by atoms with Crippen molar-refractivity contribution in [3.63, 3.8) is 0 Å². The molecule has 0 amide bonds. The van der Waals surface area contributed by atoms with Crippen molar-refractivity contribution in [3.05, 3.63) is 59.7 Å². The Hall–Kier alpha value is -2.38. The first-order valence-electron chi connectivity index (χ1n) is 8.84. The molecule has 0 bridgehead atoms. The summed E-state index contributed by atoms with van der Waals surface area (Å²) in [7, 11) is -1.72. The van der Waals surface area contributed by atoms with E-state index in [4.69, 9.17) is 4.74 Å². The van der Waals surface area contributed by atoms with Gasteiger partial charge in [-0.15, -0.1) is 0 Å². The van der Waals surface area contributed by atoms with E-state index in [0.717, 1.165) is 11.3 Å². The summed E-state index contributed by atoms with van der Waals surface area (Å²) in [6, 6.07) is 13.7. The van der Waals surface area contributed by atoms with Gasteiger partial charge in [0.1, 0.15) is 0 Å². The molecule has 0 fully saturated rings. The summed E-state index contributed by atoms with van der Waals surface area (Å²) in [5, 5.41) is 0. The fourth-order valence-electron chi connectivity index (χ4n) is 2.52. The van der Waals surface area contributed by atoms with Gasteiger partial charge >= 0.3 is 5.97 Å². The number of carbonyl (C=O) groups is 1. The van der Waals surface area contributed by atoms with E-state index in [1.54, 1.807) is 6.92 Å². The summed E-state index contributed by atoms with van der Waals surface area (Å²) in [5.41, 5.74) is 2.19. The number of para-hydroxylation sites is 1. The molecule has 0 aromatic heterocycles. The maximum atomic E-state index is 12.6. The summed E-state index contributed by atoms with van der Waals surface area (Å²) in [6.45, 7) is 6.31. The molecule has 0 radical (unpaired) electrons. The molecular formula is C20H26N2O4S. The Balaban J connectivity index is 2.15. The van der Waals surface area contributed by atoms with Gasteiger partial charge in [0, 0.05) is 25.3 Å². The van der Waals surface area contributed by atoms with Crippen molar-refractivity contribution in [3.8, 4) is 0 Å². The van der Waals surface area contributed by atoms with Crippen LogP contribution in [0.25, 0.3) is 0 Å². The van der Waals surface area contributed by atoms with Gasteiger partial charge in [-0.25, -0.2) is 17.9 Å². The number of carbonyl (C=O) groups excluding carboxylic acids is 1. The first kappa shape index (κ1) is 20.9. The van der Waals surface area contributed by atoms with Crippen LogP contribution < -0.4 is 9.62 Å². The zero-order valence-electron chi connectivity index (χ0n) is 16.1. The molecule has 0 heterocycles. The Morgan fingerprint density at radius 1 is 1.11 bits per heavy atom. The number of nitrogens with one attached hydrogen (secondary N) is 1. The average Bonchev–Trinajstić information content (AvgIpc) is 2.66. The second kappa shape index (κ2) is 9.01. The lowest BCUT2D eigenvalue weighted by Crippen LogP contribution is -2.29. The van der Waals surface area contributed by atoms with Crippen molar-refractivity contribution in [2.75, 3.05) is 18.6 Å². The highest BCUT2D eigenvalue weighted by Gasteiger charge is 2.17. The Morgan fingerprint density at radius 3 is 2.33 bits per heavy atom. The minimum Gasteiger partial charge on any atom is -0.462 e. The van der Waals surface area contributed by atoms with Gasteiger partial charge in [0.15, 0.2) is 0 Å². The van der Waals surface area contributed by atoms with Gasteiger partial charge in [-0.3, -0.25) is 0 Å². The van der Waals surface area contributed by atoms with Crippen LogP contribution in [0.5, 0.6) is 0 Å². The molecule has 2 aromatic carbocycles. The molecule has 146 valence electrons. The van der Waals surface area contributed by atoms with E-state index < -0.39 is 16.0 Å². The Labute approximate surface area is 161 Å². The lowest BCUT2D eigenvalue weighted by molar-refractivity contribution is 0.0526. The third-order valence-electron chi connectivity index (χ3n) is 4.27. The number of benzene rings is 2. The number of hydrogen-bond acceptors (Lipinski definition) is 5. The largest absolute Gasteiger partial charge is 0.462 e. The summed E-state index contributed by atoms with van der Waals surface area (Å²) in [4.78, 5) is 13.9. The Morgan fingerprint density at radius 2 is 1.74 bits per heavy atom. The molecule has 0 atom stereocenters. The fraction of sp³-hybridized carbons (Fsp3) is 0.350. The van der Waals surface area contributed by atoms with Crippen LogP contribution in [0.4, 0.5) is 5.69 Å². The summed E-state index contributed by atoms with van der Waals surface area (Å²) in [5.74, 6) is -0.472. The minimum absolute atomic E-state index is 0.102. The second-order valence-electron chi connectivity index (χ2n) is 6.40. The molecule has 2 aromatic rings. The molecule has 0 aliphatic carbocycles. The van der Waals surface area contributed by atoms with Crippen LogP contribution >= 0.6 is 0 Å². The standard InChI is InChI=1S/C20H26N2O4S/c1-5-26-20(23)16-10-12-18(13-11-16)27(24,25)21-14-17-8-6-7-9-19(17)22(4)15(2)3/h6-13,15,21H,5,14H2,1-4H3. The Kier molecular flexibility index (Phi) is 6.98.